The fourth-order valence-electron chi connectivity index (χ4n) is 2.39. The topological polar surface area (TPSA) is 121 Å². The van der Waals surface area contributed by atoms with E-state index in [0.717, 1.165) is 0 Å². The van der Waals surface area contributed by atoms with E-state index < -0.39 is 23.2 Å². The molecule has 0 unspecified atom stereocenters. The van der Waals surface area contributed by atoms with Gasteiger partial charge in [-0.05, 0) is 12.1 Å². The average molecular weight is 314 g/mol. The second kappa shape index (κ2) is 5.41. The van der Waals surface area contributed by atoms with Gasteiger partial charge >= 0.3 is 11.9 Å². The molecule has 0 radical (unpaired) electrons. The number of hydrogen-bond acceptors (Lipinski definition) is 5. The summed E-state index contributed by atoms with van der Waals surface area (Å²) < 4.78 is 5.73. The molecule has 0 aliphatic carbocycles. The SMILES string of the molecule is O=C(O)Cc1cc(-c2ccc([N+](=O)[O-])o2)c2ccccc2[n+]1[O-]. The average Bonchev–Trinajstić information content (AvgIpc) is 3.00. The monoisotopic (exact) mass is 314 g/mol. The van der Waals surface area contributed by atoms with E-state index in [1.807, 2.05) is 0 Å². The Balaban J connectivity index is 2.27. The summed E-state index contributed by atoms with van der Waals surface area (Å²) in [6.07, 6.45) is -0.468. The Morgan fingerprint density at radius 2 is 2.00 bits per heavy atom. The first-order valence-electron chi connectivity index (χ1n) is 6.58. The Morgan fingerprint density at radius 1 is 1.26 bits per heavy atom. The molecule has 3 rings (SSSR count). The van der Waals surface area contributed by atoms with Gasteiger partial charge in [0.2, 0.25) is 11.2 Å². The standard InChI is InChI=1S/C15H10N2O6/c18-15(19)8-9-7-11(13-5-6-14(23-13)17(21)22)10-3-1-2-4-12(10)16(9)20/h1-7H,8H2,(H,18,19). The predicted molar refractivity (Wildman–Crippen MR) is 78.6 cm³/mol. The number of fused-ring (bicyclic) bond motifs is 1. The van der Waals surface area contributed by atoms with E-state index in [1.165, 1.54) is 18.2 Å². The molecule has 23 heavy (non-hydrogen) atoms. The molecule has 0 atom stereocenters. The molecular formula is C15H10N2O6. The third-order valence-corrected chi connectivity index (χ3v) is 3.35. The third kappa shape index (κ3) is 2.57. The summed E-state index contributed by atoms with van der Waals surface area (Å²) in [6.45, 7) is 0. The fraction of sp³-hybridized carbons (Fsp3) is 0.0667. The van der Waals surface area contributed by atoms with Gasteiger partial charge in [-0.1, -0.05) is 12.1 Å². The van der Waals surface area contributed by atoms with Gasteiger partial charge in [-0.25, -0.2) is 0 Å². The van der Waals surface area contributed by atoms with Crippen LogP contribution in [0.2, 0.25) is 0 Å². The van der Waals surface area contributed by atoms with Crippen LogP contribution in [0.3, 0.4) is 0 Å². The molecule has 2 heterocycles. The lowest BCUT2D eigenvalue weighted by atomic mass is 10.0. The molecule has 2 aromatic heterocycles. The number of aromatic nitrogens is 1. The van der Waals surface area contributed by atoms with Crippen molar-refractivity contribution in [2.45, 2.75) is 6.42 Å². The number of carboxylic acids is 1. The molecule has 1 aromatic carbocycles. The Hall–Kier alpha value is -3.42. The lowest BCUT2D eigenvalue weighted by Gasteiger charge is -2.09. The van der Waals surface area contributed by atoms with Gasteiger partial charge in [-0.3, -0.25) is 14.9 Å². The van der Waals surface area contributed by atoms with Crippen molar-refractivity contribution in [3.8, 4) is 11.3 Å². The highest BCUT2D eigenvalue weighted by atomic mass is 16.6. The molecule has 1 N–H and O–H groups in total. The molecule has 0 spiro atoms. The second-order valence-corrected chi connectivity index (χ2v) is 4.83. The van der Waals surface area contributed by atoms with Crippen LogP contribution < -0.4 is 4.73 Å². The van der Waals surface area contributed by atoms with Gasteiger partial charge < -0.3 is 14.7 Å². The summed E-state index contributed by atoms with van der Waals surface area (Å²) in [4.78, 5) is 21.0. The molecule has 0 fully saturated rings. The minimum atomic E-state index is -1.15. The quantitative estimate of drug-likeness (QED) is 0.341. The number of furan rings is 1. The lowest BCUT2D eigenvalue weighted by molar-refractivity contribution is -0.585. The molecule has 0 saturated carbocycles. The maximum absolute atomic E-state index is 12.3. The summed E-state index contributed by atoms with van der Waals surface area (Å²) >= 11 is 0. The Morgan fingerprint density at radius 3 is 2.65 bits per heavy atom. The minimum Gasteiger partial charge on any atom is -0.618 e. The molecule has 8 nitrogen and oxygen atoms in total. The molecule has 8 heteroatoms. The van der Waals surface area contributed by atoms with Crippen molar-refractivity contribution in [2.75, 3.05) is 0 Å². The highest BCUT2D eigenvalue weighted by Gasteiger charge is 2.21. The van der Waals surface area contributed by atoms with Crippen LogP contribution >= 0.6 is 0 Å². The maximum Gasteiger partial charge on any atom is 0.433 e. The van der Waals surface area contributed by atoms with E-state index in [9.17, 15) is 20.1 Å². The van der Waals surface area contributed by atoms with Crippen LogP contribution in [0.1, 0.15) is 5.69 Å². The zero-order valence-corrected chi connectivity index (χ0v) is 11.6. The van der Waals surface area contributed by atoms with Crippen LogP contribution in [0.15, 0.2) is 46.9 Å². The highest BCUT2D eigenvalue weighted by Crippen LogP contribution is 2.31. The number of nitrogens with zero attached hydrogens (tertiary/aromatic N) is 2. The van der Waals surface area contributed by atoms with Crippen LogP contribution in [0.4, 0.5) is 5.88 Å². The zero-order valence-electron chi connectivity index (χ0n) is 11.6. The van der Waals surface area contributed by atoms with Gasteiger partial charge in [0.25, 0.3) is 0 Å². The van der Waals surface area contributed by atoms with Gasteiger partial charge in [0.1, 0.15) is 17.1 Å². The molecule has 0 saturated heterocycles. The molecule has 0 amide bonds. The fourth-order valence-corrected chi connectivity index (χ4v) is 2.39. The lowest BCUT2D eigenvalue weighted by Crippen LogP contribution is -2.34. The van der Waals surface area contributed by atoms with E-state index in [-0.39, 0.29) is 17.0 Å². The number of carboxylic acid groups (broad SMARTS) is 1. The van der Waals surface area contributed by atoms with Gasteiger partial charge in [0.15, 0.2) is 0 Å². The van der Waals surface area contributed by atoms with Gasteiger partial charge in [0, 0.05) is 17.7 Å². The van der Waals surface area contributed by atoms with Gasteiger partial charge in [-0.15, -0.1) is 0 Å². The van der Waals surface area contributed by atoms with Crippen LogP contribution in [0.5, 0.6) is 0 Å². The number of para-hydroxylation sites is 1. The number of nitro groups is 1. The van der Waals surface area contributed by atoms with Crippen molar-refractivity contribution >= 4 is 22.8 Å². The molecular weight excluding hydrogens is 304 g/mol. The van der Waals surface area contributed by atoms with Crippen molar-refractivity contribution in [1.82, 2.24) is 0 Å². The number of hydrogen-bond donors (Lipinski definition) is 1. The summed E-state index contributed by atoms with van der Waals surface area (Å²) in [5.74, 6) is -1.39. The molecule has 3 aromatic rings. The molecule has 116 valence electrons. The minimum absolute atomic E-state index is 0.0188. The Kier molecular flexibility index (Phi) is 3.41. The summed E-state index contributed by atoms with van der Waals surface area (Å²) in [7, 11) is 0. The van der Waals surface area contributed by atoms with Crippen molar-refractivity contribution < 1.29 is 24.0 Å². The number of rotatable bonds is 4. The second-order valence-electron chi connectivity index (χ2n) is 4.83. The van der Waals surface area contributed by atoms with E-state index >= 15 is 0 Å². The van der Waals surface area contributed by atoms with Crippen molar-refractivity contribution in [3.63, 3.8) is 0 Å². The molecule has 0 aliphatic rings. The number of benzene rings is 1. The number of aliphatic carboxylic acids is 1. The first-order chi connectivity index (χ1) is 11.0. The first kappa shape index (κ1) is 14.5. The summed E-state index contributed by atoms with van der Waals surface area (Å²) in [5.41, 5.74) is 0.711. The van der Waals surface area contributed by atoms with E-state index in [4.69, 9.17) is 9.52 Å². The van der Waals surface area contributed by atoms with Crippen molar-refractivity contribution in [1.29, 1.82) is 0 Å². The Labute approximate surface area is 128 Å². The first-order valence-corrected chi connectivity index (χ1v) is 6.58. The van der Waals surface area contributed by atoms with Crippen LogP contribution in [-0.4, -0.2) is 16.0 Å². The van der Waals surface area contributed by atoms with E-state index in [2.05, 4.69) is 0 Å². The zero-order chi connectivity index (χ0) is 16.6. The Bertz CT molecular complexity index is 931. The maximum atomic E-state index is 12.3. The van der Waals surface area contributed by atoms with Crippen LogP contribution in [0.25, 0.3) is 22.2 Å². The van der Waals surface area contributed by atoms with Crippen LogP contribution in [-0.2, 0) is 11.2 Å². The third-order valence-electron chi connectivity index (χ3n) is 3.35. The summed E-state index contributed by atoms with van der Waals surface area (Å²) in [6, 6.07) is 10.6. The predicted octanol–water partition coefficient (Wildman–Crippen LogP) is 2.27. The smallest absolute Gasteiger partial charge is 0.433 e. The van der Waals surface area contributed by atoms with Gasteiger partial charge in [-0.2, -0.15) is 4.73 Å². The normalized spacial score (nSPS) is 10.8. The van der Waals surface area contributed by atoms with Crippen molar-refractivity contribution in [3.05, 3.63) is 63.5 Å². The van der Waals surface area contributed by atoms with E-state index in [1.54, 1.807) is 24.3 Å². The van der Waals surface area contributed by atoms with Crippen molar-refractivity contribution in [2.24, 2.45) is 0 Å². The van der Waals surface area contributed by atoms with Crippen LogP contribution in [0, 0.1) is 15.3 Å². The number of pyridine rings is 1. The van der Waals surface area contributed by atoms with Gasteiger partial charge in [0.05, 0.1) is 11.5 Å². The molecule has 0 aliphatic heterocycles. The highest BCUT2D eigenvalue weighted by molar-refractivity contribution is 5.92. The van der Waals surface area contributed by atoms with E-state index in [0.29, 0.717) is 15.7 Å². The summed E-state index contributed by atoms with van der Waals surface area (Å²) in [5, 5.41) is 32.5. The molecule has 0 bridgehead atoms. The largest absolute Gasteiger partial charge is 0.618 e. The number of carbonyl (C=O) groups is 1.